The molecule has 1 heterocycles. The Bertz CT molecular complexity index is 594. The number of furan rings is 1. The molecular formula is C15H16ClFN2O2. The number of carbonyl (C=O) groups excluding carboxylic acids is 1. The van der Waals surface area contributed by atoms with Gasteiger partial charge in [-0.1, -0.05) is 17.7 Å². The number of amides is 1. The molecule has 1 atom stereocenters. The summed E-state index contributed by atoms with van der Waals surface area (Å²) in [6.45, 7) is 0.282. The summed E-state index contributed by atoms with van der Waals surface area (Å²) in [5, 5.41) is 2.78. The minimum atomic E-state index is -0.639. The molecule has 2 aromatic rings. The van der Waals surface area contributed by atoms with E-state index in [4.69, 9.17) is 16.0 Å². The molecule has 0 saturated carbocycles. The van der Waals surface area contributed by atoms with Crippen molar-refractivity contribution in [1.29, 1.82) is 0 Å². The maximum Gasteiger partial charge on any atom is 0.255 e. The fourth-order valence-corrected chi connectivity index (χ4v) is 2.26. The molecule has 0 spiro atoms. The van der Waals surface area contributed by atoms with E-state index < -0.39 is 11.7 Å². The summed E-state index contributed by atoms with van der Waals surface area (Å²) >= 11 is 5.87. The molecule has 21 heavy (non-hydrogen) atoms. The first kappa shape index (κ1) is 15.5. The van der Waals surface area contributed by atoms with Crippen LogP contribution in [0.3, 0.4) is 0 Å². The van der Waals surface area contributed by atoms with Crippen molar-refractivity contribution in [1.82, 2.24) is 10.2 Å². The van der Waals surface area contributed by atoms with E-state index >= 15 is 0 Å². The first-order valence-corrected chi connectivity index (χ1v) is 6.80. The molecule has 6 heteroatoms. The Morgan fingerprint density at radius 3 is 2.71 bits per heavy atom. The molecule has 0 saturated heterocycles. The van der Waals surface area contributed by atoms with Crippen LogP contribution in [0.25, 0.3) is 0 Å². The van der Waals surface area contributed by atoms with Crippen LogP contribution >= 0.6 is 11.6 Å². The van der Waals surface area contributed by atoms with E-state index in [1.807, 2.05) is 25.1 Å². The number of carbonyl (C=O) groups is 1. The van der Waals surface area contributed by atoms with Gasteiger partial charge in [-0.05, 0) is 38.4 Å². The monoisotopic (exact) mass is 310 g/mol. The van der Waals surface area contributed by atoms with Gasteiger partial charge in [-0.15, -0.1) is 0 Å². The molecule has 1 amide bonds. The number of hydrogen-bond acceptors (Lipinski definition) is 3. The molecule has 0 radical (unpaired) electrons. The summed E-state index contributed by atoms with van der Waals surface area (Å²) in [5.41, 5.74) is -0.142. The summed E-state index contributed by atoms with van der Waals surface area (Å²) in [4.78, 5) is 14.0. The number of benzene rings is 1. The summed E-state index contributed by atoms with van der Waals surface area (Å²) in [6, 6.07) is 7.61. The van der Waals surface area contributed by atoms with E-state index in [1.54, 1.807) is 12.3 Å². The smallest absolute Gasteiger partial charge is 0.255 e. The number of hydrogen-bond donors (Lipinski definition) is 1. The van der Waals surface area contributed by atoms with E-state index in [0.717, 1.165) is 5.76 Å². The third kappa shape index (κ3) is 3.62. The normalized spacial score (nSPS) is 12.4. The van der Waals surface area contributed by atoms with Gasteiger partial charge in [0.1, 0.15) is 11.6 Å². The van der Waals surface area contributed by atoms with Crippen molar-refractivity contribution in [3.05, 3.63) is 58.8 Å². The van der Waals surface area contributed by atoms with Crippen molar-refractivity contribution in [3.8, 4) is 0 Å². The molecule has 112 valence electrons. The molecule has 1 N–H and O–H groups in total. The predicted molar refractivity (Wildman–Crippen MR) is 78.9 cm³/mol. The van der Waals surface area contributed by atoms with E-state index in [2.05, 4.69) is 5.32 Å². The van der Waals surface area contributed by atoms with E-state index in [1.165, 1.54) is 18.2 Å². The third-order valence-electron chi connectivity index (χ3n) is 3.14. The largest absolute Gasteiger partial charge is 0.468 e. The van der Waals surface area contributed by atoms with Crippen molar-refractivity contribution in [2.75, 3.05) is 20.6 Å². The first-order chi connectivity index (χ1) is 10.0. The third-order valence-corrected chi connectivity index (χ3v) is 3.46. The standard InChI is InChI=1S/C15H16ClFN2O2/c1-19(2)12(13-7-4-8-21-13)9-18-15(20)14-10(16)5-3-6-11(14)17/h3-8,12H,9H2,1-2H3,(H,18,20)/t12-/m0/s1. The molecule has 2 rings (SSSR count). The van der Waals surface area contributed by atoms with Crippen molar-refractivity contribution in [2.45, 2.75) is 6.04 Å². The molecule has 1 aromatic heterocycles. The number of nitrogens with zero attached hydrogens (tertiary/aromatic N) is 1. The molecule has 1 aromatic carbocycles. The van der Waals surface area contributed by atoms with E-state index in [9.17, 15) is 9.18 Å². The van der Waals surface area contributed by atoms with Crippen molar-refractivity contribution in [3.63, 3.8) is 0 Å². The van der Waals surface area contributed by atoms with Crippen LogP contribution in [-0.2, 0) is 0 Å². The molecule has 0 aliphatic rings. The summed E-state index contributed by atoms with van der Waals surface area (Å²) in [6.07, 6.45) is 1.57. The highest BCUT2D eigenvalue weighted by atomic mass is 35.5. The molecule has 0 aliphatic carbocycles. The first-order valence-electron chi connectivity index (χ1n) is 6.42. The fraction of sp³-hybridized carbons (Fsp3) is 0.267. The summed E-state index contributed by atoms with van der Waals surface area (Å²) < 4.78 is 19.0. The number of likely N-dealkylation sites (N-methyl/N-ethyl adjacent to an activating group) is 1. The summed E-state index contributed by atoms with van der Waals surface area (Å²) in [5.74, 6) is -0.462. The van der Waals surface area contributed by atoms with Gasteiger partial charge >= 0.3 is 0 Å². The highest BCUT2D eigenvalue weighted by Crippen LogP contribution is 2.20. The lowest BCUT2D eigenvalue weighted by Crippen LogP contribution is -2.34. The summed E-state index contributed by atoms with van der Waals surface area (Å²) in [7, 11) is 3.74. The maximum atomic E-state index is 13.7. The van der Waals surface area contributed by atoms with Gasteiger partial charge in [0.25, 0.3) is 5.91 Å². The zero-order valence-corrected chi connectivity index (χ0v) is 12.5. The zero-order valence-electron chi connectivity index (χ0n) is 11.8. The zero-order chi connectivity index (χ0) is 15.4. The lowest BCUT2D eigenvalue weighted by atomic mass is 10.1. The van der Waals surface area contributed by atoms with E-state index in [-0.39, 0.29) is 23.2 Å². The van der Waals surface area contributed by atoms with Gasteiger partial charge in [0.15, 0.2) is 0 Å². The van der Waals surface area contributed by atoms with Crippen LogP contribution in [0.1, 0.15) is 22.2 Å². The second-order valence-corrected chi connectivity index (χ2v) is 5.21. The minimum Gasteiger partial charge on any atom is -0.468 e. The molecule has 0 aliphatic heterocycles. The quantitative estimate of drug-likeness (QED) is 0.923. The Morgan fingerprint density at radius 2 is 2.14 bits per heavy atom. The molecule has 4 nitrogen and oxygen atoms in total. The van der Waals surface area contributed by atoms with Crippen LogP contribution in [0, 0.1) is 5.82 Å². The Kier molecular flexibility index (Phi) is 4.98. The van der Waals surface area contributed by atoms with Gasteiger partial charge in [0.05, 0.1) is 22.9 Å². The van der Waals surface area contributed by atoms with Gasteiger partial charge in [-0.25, -0.2) is 4.39 Å². The lowest BCUT2D eigenvalue weighted by molar-refractivity contribution is 0.0935. The van der Waals surface area contributed by atoms with Crippen LogP contribution < -0.4 is 5.32 Å². The highest BCUT2D eigenvalue weighted by Gasteiger charge is 2.20. The second kappa shape index (κ2) is 6.74. The second-order valence-electron chi connectivity index (χ2n) is 4.80. The number of halogens is 2. The Balaban J connectivity index is 2.09. The average molecular weight is 311 g/mol. The van der Waals surface area contributed by atoms with Crippen LogP contribution in [0.4, 0.5) is 4.39 Å². The van der Waals surface area contributed by atoms with Crippen LogP contribution in [0.5, 0.6) is 0 Å². The van der Waals surface area contributed by atoms with Gasteiger partial charge in [0.2, 0.25) is 0 Å². The van der Waals surface area contributed by atoms with Crippen molar-refractivity contribution >= 4 is 17.5 Å². The van der Waals surface area contributed by atoms with Gasteiger partial charge in [-0.2, -0.15) is 0 Å². The molecular weight excluding hydrogens is 295 g/mol. The topological polar surface area (TPSA) is 45.5 Å². The van der Waals surface area contributed by atoms with Gasteiger partial charge in [0, 0.05) is 6.54 Å². The van der Waals surface area contributed by atoms with E-state index in [0.29, 0.717) is 0 Å². The van der Waals surface area contributed by atoms with Crippen molar-refractivity contribution < 1.29 is 13.6 Å². The maximum absolute atomic E-state index is 13.7. The Morgan fingerprint density at radius 1 is 1.38 bits per heavy atom. The Labute approximate surface area is 127 Å². The van der Waals surface area contributed by atoms with Crippen LogP contribution in [-0.4, -0.2) is 31.4 Å². The highest BCUT2D eigenvalue weighted by molar-refractivity contribution is 6.33. The minimum absolute atomic E-state index is 0.0897. The molecule has 0 bridgehead atoms. The van der Waals surface area contributed by atoms with Crippen LogP contribution in [0.2, 0.25) is 5.02 Å². The fourth-order valence-electron chi connectivity index (χ4n) is 2.01. The molecule has 0 unspecified atom stereocenters. The van der Waals surface area contributed by atoms with Crippen LogP contribution in [0.15, 0.2) is 41.0 Å². The Hall–Kier alpha value is -1.85. The van der Waals surface area contributed by atoms with Crippen molar-refractivity contribution in [2.24, 2.45) is 0 Å². The SMILES string of the molecule is CN(C)[C@@H](CNC(=O)c1c(F)cccc1Cl)c1ccco1. The number of nitrogens with one attached hydrogen (secondary N) is 1. The lowest BCUT2D eigenvalue weighted by Gasteiger charge is -2.22. The average Bonchev–Trinajstić information content (AvgIpc) is 2.92. The predicted octanol–water partition coefficient (Wildman–Crippen LogP) is 3.10. The van der Waals surface area contributed by atoms with Gasteiger partial charge in [-0.3, -0.25) is 9.69 Å². The van der Waals surface area contributed by atoms with Gasteiger partial charge < -0.3 is 9.73 Å². The number of rotatable bonds is 5. The molecule has 0 fully saturated rings.